The van der Waals surface area contributed by atoms with Crippen LogP contribution in [0.3, 0.4) is 0 Å². The first-order chi connectivity index (χ1) is 15.0. The number of hydrogen-bond acceptors (Lipinski definition) is 5. The van der Waals surface area contributed by atoms with E-state index >= 15 is 0 Å². The number of anilines is 1. The fourth-order valence-corrected chi connectivity index (χ4v) is 4.90. The van der Waals surface area contributed by atoms with Crippen LogP contribution in [0.4, 0.5) is 5.00 Å². The number of aryl methyl sites for hydroxylation is 1. The summed E-state index contributed by atoms with van der Waals surface area (Å²) in [4.78, 5) is 11.8. The van der Waals surface area contributed by atoms with Crippen LogP contribution >= 0.6 is 34.5 Å². The highest BCUT2D eigenvalue weighted by molar-refractivity contribution is 7.16. The van der Waals surface area contributed by atoms with Crippen molar-refractivity contribution < 1.29 is 14.6 Å². The molecule has 2 heterocycles. The third-order valence-electron chi connectivity index (χ3n) is 4.62. The second-order valence-corrected chi connectivity index (χ2v) is 8.34. The Kier molecular flexibility index (Phi) is 12.3. The van der Waals surface area contributed by atoms with Crippen LogP contribution in [-0.4, -0.2) is 37.9 Å². The van der Waals surface area contributed by atoms with Crippen molar-refractivity contribution in [2.45, 2.75) is 33.1 Å². The number of nitrogens with zero attached hydrogens (tertiary/aromatic N) is 2. The van der Waals surface area contributed by atoms with Gasteiger partial charge in [-0.1, -0.05) is 49.2 Å². The zero-order valence-electron chi connectivity index (χ0n) is 18.0. The number of ether oxygens (including phenoxy) is 1. The number of nitriles is 1. The van der Waals surface area contributed by atoms with Crippen molar-refractivity contribution in [3.63, 3.8) is 0 Å². The lowest BCUT2D eigenvalue weighted by molar-refractivity contribution is -0.122. The molecule has 1 aliphatic heterocycles. The second-order valence-electron chi connectivity index (χ2n) is 6.32. The zero-order chi connectivity index (χ0) is 23.4. The Morgan fingerprint density at radius 2 is 1.94 bits per heavy atom. The molecule has 1 aromatic carbocycles. The Bertz CT molecular complexity index is 903. The zero-order valence-corrected chi connectivity index (χ0v) is 20.4. The Balaban J connectivity index is 0.000000884. The molecule has 1 aromatic heterocycles. The van der Waals surface area contributed by atoms with Gasteiger partial charge in [-0.3, -0.25) is 4.79 Å². The summed E-state index contributed by atoms with van der Waals surface area (Å²) in [6, 6.07) is 8.14. The monoisotopic (exact) mass is 482 g/mol. The maximum absolute atomic E-state index is 9.93. The van der Waals surface area contributed by atoms with Crippen LogP contribution in [0, 0.1) is 18.3 Å². The molecule has 1 unspecified atom stereocenters. The van der Waals surface area contributed by atoms with Crippen LogP contribution in [0.2, 0.25) is 10.0 Å². The van der Waals surface area contributed by atoms with E-state index in [-0.39, 0.29) is 12.4 Å². The number of rotatable bonds is 5. The van der Waals surface area contributed by atoms with Gasteiger partial charge in [0.2, 0.25) is 0 Å². The molecule has 0 saturated carbocycles. The number of halogens is 2. The molecule has 3 rings (SSSR count). The first-order valence-electron chi connectivity index (χ1n) is 9.98. The lowest BCUT2D eigenvalue weighted by atomic mass is 9.86. The predicted molar refractivity (Wildman–Crippen MR) is 130 cm³/mol. The molecule has 1 fully saturated rings. The van der Waals surface area contributed by atoms with Gasteiger partial charge in [-0.25, -0.2) is 0 Å². The average Bonchev–Trinajstić information content (AvgIpc) is 3.12. The fraction of sp³-hybridized carbons (Fsp3) is 0.391. The van der Waals surface area contributed by atoms with Crippen LogP contribution in [-0.2, 0) is 9.53 Å². The van der Waals surface area contributed by atoms with Gasteiger partial charge in [0.05, 0.1) is 28.8 Å². The molecule has 2 aromatic rings. The van der Waals surface area contributed by atoms with Crippen LogP contribution < -0.4 is 4.90 Å². The molecule has 1 aliphatic rings. The molecule has 1 N–H and O–H groups in total. The molecule has 0 aliphatic carbocycles. The maximum Gasteiger partial charge on any atom is 0.290 e. The maximum atomic E-state index is 9.93. The van der Waals surface area contributed by atoms with Gasteiger partial charge in [0.15, 0.2) is 0 Å². The third-order valence-corrected chi connectivity index (χ3v) is 6.54. The number of hydrogen-bond donors (Lipinski definition) is 1. The molecule has 31 heavy (non-hydrogen) atoms. The van der Waals surface area contributed by atoms with Crippen molar-refractivity contribution in [2.75, 3.05) is 31.2 Å². The van der Waals surface area contributed by atoms with Crippen LogP contribution in [0.1, 0.15) is 47.8 Å². The number of morpholine rings is 1. The van der Waals surface area contributed by atoms with Gasteiger partial charge in [0.1, 0.15) is 11.1 Å². The summed E-state index contributed by atoms with van der Waals surface area (Å²) in [5.41, 5.74) is 2.87. The molecule has 0 amide bonds. The predicted octanol–water partition coefficient (Wildman–Crippen LogP) is 6.51. The first-order valence-corrected chi connectivity index (χ1v) is 11.5. The van der Waals surface area contributed by atoms with Gasteiger partial charge in [-0.05, 0) is 36.6 Å². The molecule has 0 bridgehead atoms. The molecular formula is C23H28Cl2N2O3S. The van der Waals surface area contributed by atoms with E-state index in [1.165, 1.54) is 0 Å². The van der Waals surface area contributed by atoms with Gasteiger partial charge in [-0.2, -0.15) is 5.26 Å². The highest BCUT2D eigenvalue weighted by Crippen LogP contribution is 2.43. The smallest absolute Gasteiger partial charge is 0.290 e. The number of benzene rings is 1. The largest absolute Gasteiger partial charge is 0.483 e. The molecular weight excluding hydrogens is 455 g/mol. The third kappa shape index (κ3) is 6.98. The van der Waals surface area contributed by atoms with E-state index in [2.05, 4.69) is 24.5 Å². The van der Waals surface area contributed by atoms with Gasteiger partial charge < -0.3 is 14.7 Å². The Labute approximate surface area is 198 Å². The summed E-state index contributed by atoms with van der Waals surface area (Å²) in [6.45, 7) is 12.8. The van der Waals surface area contributed by atoms with Gasteiger partial charge in [-0.15, -0.1) is 17.9 Å². The topological polar surface area (TPSA) is 73.6 Å². The summed E-state index contributed by atoms with van der Waals surface area (Å²) in [7, 11) is 0. The minimum atomic E-state index is -0.250. The van der Waals surface area contributed by atoms with E-state index in [0.29, 0.717) is 23.3 Å². The van der Waals surface area contributed by atoms with Gasteiger partial charge >= 0.3 is 0 Å². The van der Waals surface area contributed by atoms with Crippen LogP contribution in [0.15, 0.2) is 30.9 Å². The number of thiophene rings is 1. The standard InChI is InChI=1S/C20H20Cl2N2OS.C2H6.CH2O2/c1-3-4-15(14-5-6-17(21)18(22)11-14)19-13(2)26-20(16(19)12-23)24-7-9-25-10-8-24;1-2;2-1-3/h3,5-6,11,15H,1,4,7-10H2,2H3;1-2H3;1H,(H,2,3). The summed E-state index contributed by atoms with van der Waals surface area (Å²) in [5.74, 6) is 0.0305. The van der Waals surface area contributed by atoms with Gasteiger partial charge in [0.25, 0.3) is 6.47 Å². The SMILES string of the molecule is C=CCC(c1ccc(Cl)c(Cl)c1)c1c(C)sc(N2CCOCC2)c1C#N.CC.O=CO. The van der Waals surface area contributed by atoms with Crippen molar-refractivity contribution in [3.8, 4) is 6.07 Å². The van der Waals surface area contributed by atoms with E-state index in [9.17, 15) is 5.26 Å². The average molecular weight is 483 g/mol. The Hall–Kier alpha value is -2.04. The highest BCUT2D eigenvalue weighted by atomic mass is 35.5. The first kappa shape index (κ1) is 27.0. The van der Waals surface area contributed by atoms with E-state index < -0.39 is 0 Å². The molecule has 8 heteroatoms. The summed E-state index contributed by atoms with van der Waals surface area (Å²) < 4.78 is 5.45. The lowest BCUT2D eigenvalue weighted by Crippen LogP contribution is -2.36. The molecule has 1 saturated heterocycles. The number of carboxylic acid groups (broad SMARTS) is 1. The molecule has 168 valence electrons. The minimum absolute atomic E-state index is 0.0305. The van der Waals surface area contributed by atoms with Crippen molar-refractivity contribution >= 4 is 46.0 Å². The van der Waals surface area contributed by atoms with Gasteiger partial charge in [0, 0.05) is 23.9 Å². The number of allylic oxidation sites excluding steroid dienone is 1. The molecule has 0 radical (unpaired) electrons. The summed E-state index contributed by atoms with van der Waals surface area (Å²) in [5, 5.41) is 18.9. The molecule has 1 atom stereocenters. The highest BCUT2D eigenvalue weighted by Gasteiger charge is 2.27. The van der Waals surface area contributed by atoms with Crippen molar-refractivity contribution in [3.05, 3.63) is 62.5 Å². The van der Waals surface area contributed by atoms with E-state index in [0.717, 1.165) is 46.1 Å². The Morgan fingerprint density at radius 3 is 2.45 bits per heavy atom. The fourth-order valence-electron chi connectivity index (χ4n) is 3.38. The van der Waals surface area contributed by atoms with E-state index in [1.54, 1.807) is 11.3 Å². The van der Waals surface area contributed by atoms with E-state index in [4.69, 9.17) is 37.8 Å². The quantitative estimate of drug-likeness (QED) is 0.388. The summed E-state index contributed by atoms with van der Waals surface area (Å²) >= 11 is 14.0. The molecule has 5 nitrogen and oxygen atoms in total. The minimum Gasteiger partial charge on any atom is -0.483 e. The number of carbonyl (C=O) groups is 1. The van der Waals surface area contributed by atoms with Crippen LogP contribution in [0.5, 0.6) is 0 Å². The normalized spacial score (nSPS) is 13.6. The van der Waals surface area contributed by atoms with Crippen LogP contribution in [0.25, 0.3) is 0 Å². The van der Waals surface area contributed by atoms with E-state index in [1.807, 2.05) is 38.1 Å². The Morgan fingerprint density at radius 1 is 1.32 bits per heavy atom. The lowest BCUT2D eigenvalue weighted by Gasteiger charge is -2.28. The second kappa shape index (κ2) is 14.1. The summed E-state index contributed by atoms with van der Waals surface area (Å²) in [6.07, 6.45) is 2.62. The van der Waals surface area contributed by atoms with Crippen molar-refractivity contribution in [1.82, 2.24) is 0 Å². The van der Waals surface area contributed by atoms with Crippen molar-refractivity contribution in [1.29, 1.82) is 5.26 Å². The molecule has 0 spiro atoms. The van der Waals surface area contributed by atoms with Crippen molar-refractivity contribution in [2.24, 2.45) is 0 Å².